The Morgan fingerprint density at radius 3 is 2.47 bits per heavy atom. The Bertz CT molecular complexity index is 316. The third-order valence-corrected chi connectivity index (χ3v) is 4.65. The van der Waals surface area contributed by atoms with Gasteiger partial charge in [-0.1, -0.05) is 19.3 Å². The number of carboxylic acid groups (broad SMARTS) is 1. The zero-order valence-corrected chi connectivity index (χ0v) is 12.2. The second-order valence-electron chi connectivity index (χ2n) is 5.22. The predicted octanol–water partition coefficient (Wildman–Crippen LogP) is 1.39. The lowest BCUT2D eigenvalue weighted by molar-refractivity contribution is -0.141. The number of rotatable bonds is 7. The number of thioether (sulfide) groups is 1. The van der Waals surface area contributed by atoms with Gasteiger partial charge in [-0.2, -0.15) is 11.8 Å². The van der Waals surface area contributed by atoms with Gasteiger partial charge in [0.25, 0.3) is 0 Å². The smallest absolute Gasteiger partial charge is 0.326 e. The highest BCUT2D eigenvalue weighted by Gasteiger charge is 2.29. The van der Waals surface area contributed by atoms with Crippen LogP contribution in [0.5, 0.6) is 0 Å². The second-order valence-corrected chi connectivity index (χ2v) is 6.32. The van der Waals surface area contributed by atoms with Gasteiger partial charge >= 0.3 is 5.97 Å². The van der Waals surface area contributed by atoms with Crippen LogP contribution < -0.4 is 5.32 Å². The molecule has 0 aromatic rings. The van der Waals surface area contributed by atoms with Crippen molar-refractivity contribution in [3.63, 3.8) is 0 Å². The number of amides is 1. The fourth-order valence-corrected chi connectivity index (χ4v) is 3.54. The first-order valence-electron chi connectivity index (χ1n) is 6.73. The van der Waals surface area contributed by atoms with Gasteiger partial charge in [-0.3, -0.25) is 4.79 Å². The molecule has 6 heteroatoms. The van der Waals surface area contributed by atoms with Crippen molar-refractivity contribution < 1.29 is 19.8 Å². The lowest BCUT2D eigenvalue weighted by Crippen LogP contribution is -2.40. The maximum atomic E-state index is 10.9. The van der Waals surface area contributed by atoms with Gasteiger partial charge in [0, 0.05) is 12.7 Å². The number of hydrogen-bond donors (Lipinski definition) is 3. The molecular formula is C13H23NO4S. The highest BCUT2D eigenvalue weighted by molar-refractivity contribution is 7.99. The standard InChI is InChI=1S/C13H23NO4S/c1-10(15)14-11(12(16)17)5-8-19-9-13(18)6-3-2-4-7-13/h11,18H,2-9H2,1H3,(H,14,15)(H,16,17). The topological polar surface area (TPSA) is 86.6 Å². The summed E-state index contributed by atoms with van der Waals surface area (Å²) in [5.74, 6) is -0.0608. The van der Waals surface area contributed by atoms with Crippen LogP contribution in [0, 0.1) is 0 Å². The van der Waals surface area contributed by atoms with Gasteiger partial charge in [-0.25, -0.2) is 4.79 Å². The zero-order chi connectivity index (χ0) is 14.3. The zero-order valence-electron chi connectivity index (χ0n) is 11.4. The summed E-state index contributed by atoms with van der Waals surface area (Å²) in [6, 6.07) is -0.828. The molecule has 0 radical (unpaired) electrons. The summed E-state index contributed by atoms with van der Waals surface area (Å²) in [7, 11) is 0. The number of carbonyl (C=O) groups excluding carboxylic acids is 1. The molecule has 1 saturated carbocycles. The van der Waals surface area contributed by atoms with Crippen molar-refractivity contribution in [1.82, 2.24) is 5.32 Å². The summed E-state index contributed by atoms with van der Waals surface area (Å²) in [5, 5.41) is 21.6. The van der Waals surface area contributed by atoms with E-state index in [1.54, 1.807) is 11.8 Å². The fraction of sp³-hybridized carbons (Fsp3) is 0.846. The Kier molecular flexibility index (Phi) is 6.65. The van der Waals surface area contributed by atoms with Gasteiger partial charge in [0.2, 0.25) is 5.91 Å². The van der Waals surface area contributed by atoms with E-state index >= 15 is 0 Å². The summed E-state index contributed by atoms with van der Waals surface area (Å²) in [6.45, 7) is 1.31. The van der Waals surface area contributed by atoms with Gasteiger partial charge in [-0.05, 0) is 25.0 Å². The molecule has 0 spiro atoms. The van der Waals surface area contributed by atoms with E-state index in [1.165, 1.54) is 13.3 Å². The van der Waals surface area contributed by atoms with Gasteiger partial charge in [-0.15, -0.1) is 0 Å². The molecule has 19 heavy (non-hydrogen) atoms. The van der Waals surface area contributed by atoms with Crippen molar-refractivity contribution in [2.75, 3.05) is 11.5 Å². The quantitative estimate of drug-likeness (QED) is 0.617. The molecule has 5 nitrogen and oxygen atoms in total. The Balaban J connectivity index is 2.24. The molecule has 1 atom stereocenters. The molecule has 1 rings (SSSR count). The van der Waals surface area contributed by atoms with Crippen LogP contribution in [-0.2, 0) is 9.59 Å². The number of nitrogens with one attached hydrogen (secondary N) is 1. The number of carboxylic acids is 1. The Labute approximate surface area is 118 Å². The largest absolute Gasteiger partial charge is 0.480 e. The van der Waals surface area contributed by atoms with Crippen LogP contribution in [-0.4, -0.2) is 45.2 Å². The first kappa shape index (κ1) is 16.3. The number of carbonyl (C=O) groups is 2. The van der Waals surface area contributed by atoms with Crippen LogP contribution in [0.1, 0.15) is 45.4 Å². The second kappa shape index (κ2) is 7.75. The van der Waals surface area contributed by atoms with Crippen molar-refractivity contribution in [1.29, 1.82) is 0 Å². The van der Waals surface area contributed by atoms with E-state index in [1.807, 2.05) is 0 Å². The average Bonchev–Trinajstić information content (AvgIpc) is 2.33. The Morgan fingerprint density at radius 2 is 1.95 bits per heavy atom. The van der Waals surface area contributed by atoms with E-state index < -0.39 is 17.6 Å². The SMILES string of the molecule is CC(=O)NC(CCSCC1(O)CCCCC1)C(=O)O. The van der Waals surface area contributed by atoms with E-state index in [0.717, 1.165) is 25.7 Å². The van der Waals surface area contributed by atoms with Gasteiger partial charge in [0.05, 0.1) is 5.60 Å². The lowest BCUT2D eigenvalue weighted by Gasteiger charge is -2.31. The monoisotopic (exact) mass is 289 g/mol. The summed E-state index contributed by atoms with van der Waals surface area (Å²) in [4.78, 5) is 21.8. The van der Waals surface area contributed by atoms with Crippen molar-refractivity contribution >= 4 is 23.6 Å². The highest BCUT2D eigenvalue weighted by Crippen LogP contribution is 2.31. The van der Waals surface area contributed by atoms with E-state index in [2.05, 4.69) is 5.32 Å². The summed E-state index contributed by atoms with van der Waals surface area (Å²) < 4.78 is 0. The third-order valence-electron chi connectivity index (χ3n) is 3.38. The normalized spacial score (nSPS) is 19.7. The van der Waals surface area contributed by atoms with Crippen LogP contribution in [0.25, 0.3) is 0 Å². The van der Waals surface area contributed by atoms with Gasteiger partial charge < -0.3 is 15.5 Å². The lowest BCUT2D eigenvalue weighted by atomic mass is 9.86. The molecule has 0 aromatic carbocycles. The molecule has 0 bridgehead atoms. The molecule has 1 fully saturated rings. The van der Waals surface area contributed by atoms with Crippen LogP contribution in [0.15, 0.2) is 0 Å². The third kappa shape index (κ3) is 6.29. The van der Waals surface area contributed by atoms with E-state index in [4.69, 9.17) is 5.11 Å². The van der Waals surface area contributed by atoms with Crippen molar-refractivity contribution in [2.45, 2.75) is 57.1 Å². The molecule has 0 saturated heterocycles. The maximum Gasteiger partial charge on any atom is 0.326 e. The van der Waals surface area contributed by atoms with Crippen molar-refractivity contribution in [3.05, 3.63) is 0 Å². The molecule has 110 valence electrons. The van der Waals surface area contributed by atoms with Crippen molar-refractivity contribution in [2.24, 2.45) is 0 Å². The first-order chi connectivity index (χ1) is 8.93. The summed E-state index contributed by atoms with van der Waals surface area (Å²) in [5.41, 5.74) is -0.574. The molecule has 1 aliphatic rings. The van der Waals surface area contributed by atoms with E-state index in [0.29, 0.717) is 17.9 Å². The predicted molar refractivity (Wildman–Crippen MR) is 75.2 cm³/mol. The van der Waals surface area contributed by atoms with E-state index in [9.17, 15) is 14.7 Å². The average molecular weight is 289 g/mol. The van der Waals surface area contributed by atoms with Crippen LogP contribution in [0.2, 0.25) is 0 Å². The van der Waals surface area contributed by atoms with Crippen molar-refractivity contribution in [3.8, 4) is 0 Å². The fourth-order valence-electron chi connectivity index (χ4n) is 2.32. The summed E-state index contributed by atoms with van der Waals surface area (Å²) >= 11 is 1.57. The summed E-state index contributed by atoms with van der Waals surface area (Å²) in [6.07, 6.45) is 5.40. The molecule has 1 amide bonds. The molecule has 0 aliphatic heterocycles. The highest BCUT2D eigenvalue weighted by atomic mass is 32.2. The number of aliphatic carboxylic acids is 1. The van der Waals surface area contributed by atoms with Gasteiger partial charge in [0.1, 0.15) is 6.04 Å². The van der Waals surface area contributed by atoms with Crippen LogP contribution >= 0.6 is 11.8 Å². The molecule has 1 unspecified atom stereocenters. The minimum Gasteiger partial charge on any atom is -0.480 e. The minimum absolute atomic E-state index is 0.330. The Hall–Kier alpha value is -0.750. The molecule has 1 aliphatic carbocycles. The molecule has 0 aromatic heterocycles. The molecule has 3 N–H and O–H groups in total. The van der Waals surface area contributed by atoms with Crippen LogP contribution in [0.4, 0.5) is 0 Å². The molecular weight excluding hydrogens is 266 g/mol. The molecule has 0 heterocycles. The van der Waals surface area contributed by atoms with E-state index in [-0.39, 0.29) is 5.91 Å². The number of hydrogen-bond acceptors (Lipinski definition) is 4. The minimum atomic E-state index is -1.01. The maximum absolute atomic E-state index is 10.9. The van der Waals surface area contributed by atoms with Crippen LogP contribution in [0.3, 0.4) is 0 Å². The first-order valence-corrected chi connectivity index (χ1v) is 7.88. The Morgan fingerprint density at radius 1 is 1.32 bits per heavy atom. The number of aliphatic hydroxyl groups is 1. The van der Waals surface area contributed by atoms with Gasteiger partial charge in [0.15, 0.2) is 0 Å².